The smallest absolute Gasteiger partial charge is 0.161 e. The molecule has 1 aliphatic heterocycles. The molecule has 96 valence electrons. The number of rotatable bonds is 1. The minimum absolute atomic E-state index is 0.301. The minimum Gasteiger partial charge on any atom is -0.490 e. The molecule has 0 saturated heterocycles. The normalized spacial score (nSPS) is 23.2. The average Bonchev–Trinajstić information content (AvgIpc) is 2.63. The van der Waals surface area contributed by atoms with Crippen LogP contribution in [-0.2, 0) is 0 Å². The van der Waals surface area contributed by atoms with E-state index in [0.717, 1.165) is 42.7 Å². The van der Waals surface area contributed by atoms with E-state index in [9.17, 15) is 5.11 Å². The summed E-state index contributed by atoms with van der Waals surface area (Å²) < 4.78 is 11.3. The first-order chi connectivity index (χ1) is 8.83. The molecule has 0 spiro atoms. The van der Waals surface area contributed by atoms with Crippen LogP contribution in [-0.4, -0.2) is 24.4 Å². The summed E-state index contributed by atoms with van der Waals surface area (Å²) in [5.74, 6) is 1.65. The molecule has 1 aliphatic carbocycles. The number of aliphatic hydroxyl groups excluding tert-OH is 1. The molecule has 0 saturated carbocycles. The fourth-order valence-corrected chi connectivity index (χ4v) is 2.50. The number of fused-ring (bicyclic) bond motifs is 1. The number of aliphatic hydroxyl groups is 1. The third kappa shape index (κ3) is 2.36. The predicted molar refractivity (Wildman–Crippen MR) is 69.9 cm³/mol. The summed E-state index contributed by atoms with van der Waals surface area (Å²) in [6.07, 6.45) is 5.52. The van der Waals surface area contributed by atoms with E-state index in [2.05, 4.69) is 6.07 Å². The maximum absolute atomic E-state index is 9.69. The molecule has 1 unspecified atom stereocenters. The molecule has 0 bridgehead atoms. The molecule has 0 radical (unpaired) electrons. The van der Waals surface area contributed by atoms with Crippen LogP contribution < -0.4 is 9.47 Å². The predicted octanol–water partition coefficient (Wildman–Crippen LogP) is 2.78. The second-order valence-corrected chi connectivity index (χ2v) is 4.86. The monoisotopic (exact) mass is 246 g/mol. The Labute approximate surface area is 107 Å². The Hall–Kier alpha value is -1.48. The SMILES string of the molecule is OC1C=C(c2ccc3c(c2)OCCCO3)CCC1. The van der Waals surface area contributed by atoms with Gasteiger partial charge in [0.05, 0.1) is 19.3 Å². The van der Waals surface area contributed by atoms with Gasteiger partial charge in [0.1, 0.15) is 0 Å². The van der Waals surface area contributed by atoms with Crippen LogP contribution in [0, 0.1) is 0 Å². The Morgan fingerprint density at radius 3 is 2.72 bits per heavy atom. The van der Waals surface area contributed by atoms with Crippen LogP contribution in [0.4, 0.5) is 0 Å². The number of benzene rings is 1. The molecule has 0 aromatic heterocycles. The molecule has 18 heavy (non-hydrogen) atoms. The van der Waals surface area contributed by atoms with E-state index >= 15 is 0 Å². The van der Waals surface area contributed by atoms with Crippen LogP contribution in [0.2, 0.25) is 0 Å². The molecule has 1 aromatic carbocycles. The van der Waals surface area contributed by atoms with E-state index in [0.29, 0.717) is 13.2 Å². The number of allylic oxidation sites excluding steroid dienone is 1. The third-order valence-electron chi connectivity index (χ3n) is 3.46. The van der Waals surface area contributed by atoms with Gasteiger partial charge in [-0.3, -0.25) is 0 Å². The van der Waals surface area contributed by atoms with Gasteiger partial charge in [0, 0.05) is 6.42 Å². The Kier molecular flexibility index (Phi) is 3.24. The molecule has 2 aliphatic rings. The van der Waals surface area contributed by atoms with Crippen molar-refractivity contribution in [2.75, 3.05) is 13.2 Å². The Morgan fingerprint density at radius 2 is 1.89 bits per heavy atom. The fourth-order valence-electron chi connectivity index (χ4n) is 2.50. The van der Waals surface area contributed by atoms with Crippen molar-refractivity contribution in [1.29, 1.82) is 0 Å². The standard InChI is InChI=1S/C15H18O3/c16-13-4-1-3-11(9-13)12-5-6-14-15(10-12)18-8-2-7-17-14/h5-6,9-10,13,16H,1-4,7-8H2. The summed E-state index contributed by atoms with van der Waals surface area (Å²) in [6, 6.07) is 6.06. The lowest BCUT2D eigenvalue weighted by Gasteiger charge is -2.18. The highest BCUT2D eigenvalue weighted by Crippen LogP contribution is 2.35. The lowest BCUT2D eigenvalue weighted by Crippen LogP contribution is -2.08. The highest BCUT2D eigenvalue weighted by molar-refractivity contribution is 5.69. The highest BCUT2D eigenvalue weighted by atomic mass is 16.5. The van der Waals surface area contributed by atoms with Gasteiger partial charge in [-0.1, -0.05) is 12.1 Å². The maximum atomic E-state index is 9.69. The van der Waals surface area contributed by atoms with Gasteiger partial charge >= 0.3 is 0 Å². The molecular weight excluding hydrogens is 228 g/mol. The van der Waals surface area contributed by atoms with Gasteiger partial charge in [0.25, 0.3) is 0 Å². The van der Waals surface area contributed by atoms with Crippen molar-refractivity contribution in [3.8, 4) is 11.5 Å². The molecule has 1 atom stereocenters. The second-order valence-electron chi connectivity index (χ2n) is 4.86. The maximum Gasteiger partial charge on any atom is 0.161 e. The lowest BCUT2D eigenvalue weighted by molar-refractivity contribution is 0.206. The van der Waals surface area contributed by atoms with Crippen LogP contribution in [0.25, 0.3) is 5.57 Å². The summed E-state index contributed by atoms with van der Waals surface area (Å²) in [7, 11) is 0. The van der Waals surface area contributed by atoms with Gasteiger partial charge in [0.15, 0.2) is 11.5 Å². The number of hydrogen-bond donors (Lipinski definition) is 1. The molecule has 1 heterocycles. The van der Waals surface area contributed by atoms with E-state index in [-0.39, 0.29) is 6.10 Å². The van der Waals surface area contributed by atoms with Crippen LogP contribution in [0.5, 0.6) is 11.5 Å². The molecule has 1 N–H and O–H groups in total. The summed E-state index contributed by atoms with van der Waals surface area (Å²) in [4.78, 5) is 0. The molecule has 3 heteroatoms. The quantitative estimate of drug-likeness (QED) is 0.828. The second kappa shape index (κ2) is 5.02. The fraction of sp³-hybridized carbons (Fsp3) is 0.467. The Morgan fingerprint density at radius 1 is 1.06 bits per heavy atom. The van der Waals surface area contributed by atoms with E-state index in [4.69, 9.17) is 9.47 Å². The van der Waals surface area contributed by atoms with Crippen LogP contribution >= 0.6 is 0 Å². The van der Waals surface area contributed by atoms with E-state index in [1.165, 1.54) is 5.57 Å². The van der Waals surface area contributed by atoms with Gasteiger partial charge in [-0.25, -0.2) is 0 Å². The van der Waals surface area contributed by atoms with Crippen molar-refractivity contribution >= 4 is 5.57 Å². The van der Waals surface area contributed by atoms with Crippen molar-refractivity contribution < 1.29 is 14.6 Å². The first kappa shape index (κ1) is 11.6. The van der Waals surface area contributed by atoms with E-state index in [1.807, 2.05) is 18.2 Å². The van der Waals surface area contributed by atoms with Gasteiger partial charge in [0.2, 0.25) is 0 Å². The Bertz CT molecular complexity index is 465. The molecule has 0 amide bonds. The van der Waals surface area contributed by atoms with Gasteiger partial charge in [-0.15, -0.1) is 0 Å². The highest BCUT2D eigenvalue weighted by Gasteiger charge is 2.15. The van der Waals surface area contributed by atoms with Crippen molar-refractivity contribution in [1.82, 2.24) is 0 Å². The van der Waals surface area contributed by atoms with Crippen molar-refractivity contribution in [3.05, 3.63) is 29.8 Å². The topological polar surface area (TPSA) is 38.7 Å². The third-order valence-corrected chi connectivity index (χ3v) is 3.46. The minimum atomic E-state index is -0.301. The molecule has 0 fully saturated rings. The number of hydrogen-bond acceptors (Lipinski definition) is 3. The van der Waals surface area contributed by atoms with Crippen LogP contribution in [0.1, 0.15) is 31.2 Å². The van der Waals surface area contributed by atoms with Gasteiger partial charge in [-0.05, 0) is 42.5 Å². The largest absolute Gasteiger partial charge is 0.490 e. The zero-order valence-corrected chi connectivity index (χ0v) is 10.4. The number of ether oxygens (including phenoxy) is 2. The summed E-state index contributed by atoms with van der Waals surface area (Å²) in [6.45, 7) is 1.42. The zero-order valence-electron chi connectivity index (χ0n) is 10.4. The summed E-state index contributed by atoms with van der Waals surface area (Å²) >= 11 is 0. The lowest BCUT2D eigenvalue weighted by atomic mass is 9.92. The van der Waals surface area contributed by atoms with Gasteiger partial charge in [-0.2, -0.15) is 0 Å². The Balaban J connectivity index is 1.91. The first-order valence-electron chi connectivity index (χ1n) is 6.62. The summed E-state index contributed by atoms with van der Waals surface area (Å²) in [5.41, 5.74) is 2.35. The van der Waals surface area contributed by atoms with Crippen molar-refractivity contribution in [2.45, 2.75) is 31.8 Å². The van der Waals surface area contributed by atoms with E-state index < -0.39 is 0 Å². The van der Waals surface area contributed by atoms with E-state index in [1.54, 1.807) is 0 Å². The van der Waals surface area contributed by atoms with Gasteiger partial charge < -0.3 is 14.6 Å². The zero-order chi connectivity index (χ0) is 12.4. The van der Waals surface area contributed by atoms with Crippen LogP contribution in [0.15, 0.2) is 24.3 Å². The van der Waals surface area contributed by atoms with Crippen molar-refractivity contribution in [2.24, 2.45) is 0 Å². The first-order valence-corrected chi connectivity index (χ1v) is 6.62. The summed E-state index contributed by atoms with van der Waals surface area (Å²) in [5, 5.41) is 9.69. The van der Waals surface area contributed by atoms with Crippen molar-refractivity contribution in [3.63, 3.8) is 0 Å². The van der Waals surface area contributed by atoms with Crippen LogP contribution in [0.3, 0.4) is 0 Å². The molecule has 3 rings (SSSR count). The molecule has 1 aromatic rings. The molecule has 3 nitrogen and oxygen atoms in total. The average molecular weight is 246 g/mol. The molecular formula is C15H18O3.